The highest BCUT2D eigenvalue weighted by Crippen LogP contribution is 2.28. The van der Waals surface area contributed by atoms with Crippen LogP contribution in [0.3, 0.4) is 0 Å². The molecule has 146 valence electrons. The molecule has 0 bridgehead atoms. The summed E-state index contributed by atoms with van der Waals surface area (Å²) in [6.45, 7) is 9.83. The van der Waals surface area contributed by atoms with E-state index in [9.17, 15) is 4.79 Å². The van der Waals surface area contributed by atoms with E-state index >= 15 is 0 Å². The fraction of sp³-hybridized carbons (Fsp3) is 0.348. The predicted molar refractivity (Wildman–Crippen MR) is 112 cm³/mol. The van der Waals surface area contributed by atoms with Crippen LogP contribution in [-0.2, 0) is 4.74 Å². The van der Waals surface area contributed by atoms with E-state index in [1.165, 1.54) is 0 Å². The molecule has 1 N–H and O–H groups in total. The lowest BCUT2D eigenvalue weighted by atomic mass is 10.1. The summed E-state index contributed by atoms with van der Waals surface area (Å²) in [5.41, 5.74) is 4.55. The van der Waals surface area contributed by atoms with Gasteiger partial charge in [0.15, 0.2) is 5.76 Å². The van der Waals surface area contributed by atoms with Crippen molar-refractivity contribution in [3.8, 4) is 0 Å². The van der Waals surface area contributed by atoms with E-state index in [-0.39, 0.29) is 18.1 Å². The van der Waals surface area contributed by atoms with Gasteiger partial charge in [0.2, 0.25) is 0 Å². The van der Waals surface area contributed by atoms with Crippen LogP contribution in [0.1, 0.15) is 35.5 Å². The lowest BCUT2D eigenvalue weighted by Crippen LogP contribution is -2.45. The molecule has 1 fully saturated rings. The van der Waals surface area contributed by atoms with Crippen LogP contribution in [0.4, 0.5) is 11.4 Å². The number of hydrogen-bond acceptors (Lipinski definition) is 4. The molecule has 1 amide bonds. The van der Waals surface area contributed by atoms with E-state index in [0.717, 1.165) is 46.6 Å². The number of ether oxygens (including phenoxy) is 1. The molecule has 2 atom stereocenters. The second kappa shape index (κ2) is 7.32. The number of furan rings is 1. The van der Waals surface area contributed by atoms with E-state index in [1.807, 2.05) is 56.3 Å². The van der Waals surface area contributed by atoms with Gasteiger partial charge in [0, 0.05) is 35.4 Å². The van der Waals surface area contributed by atoms with Gasteiger partial charge < -0.3 is 19.4 Å². The molecule has 2 aromatic carbocycles. The fourth-order valence-electron chi connectivity index (χ4n) is 3.93. The van der Waals surface area contributed by atoms with Gasteiger partial charge in [-0.1, -0.05) is 18.2 Å². The number of carbonyl (C=O) groups is 1. The second-order valence-electron chi connectivity index (χ2n) is 7.67. The lowest BCUT2D eigenvalue weighted by Gasteiger charge is -2.36. The van der Waals surface area contributed by atoms with E-state index in [2.05, 4.69) is 24.1 Å². The molecule has 1 saturated heterocycles. The van der Waals surface area contributed by atoms with Crippen LogP contribution < -0.4 is 10.2 Å². The molecule has 4 rings (SSSR count). The zero-order chi connectivity index (χ0) is 19.8. The second-order valence-corrected chi connectivity index (χ2v) is 7.67. The first-order valence-corrected chi connectivity index (χ1v) is 9.73. The third kappa shape index (κ3) is 3.50. The number of anilines is 2. The molecule has 0 aliphatic carbocycles. The van der Waals surface area contributed by atoms with Gasteiger partial charge >= 0.3 is 0 Å². The van der Waals surface area contributed by atoms with E-state index < -0.39 is 0 Å². The van der Waals surface area contributed by atoms with Gasteiger partial charge in [0.1, 0.15) is 5.58 Å². The van der Waals surface area contributed by atoms with Gasteiger partial charge in [-0.15, -0.1) is 0 Å². The van der Waals surface area contributed by atoms with Crippen LogP contribution in [0.2, 0.25) is 0 Å². The average Bonchev–Trinajstić information content (AvgIpc) is 3.00. The van der Waals surface area contributed by atoms with Crippen molar-refractivity contribution in [1.29, 1.82) is 0 Å². The summed E-state index contributed by atoms with van der Waals surface area (Å²) in [5.74, 6) is 0.138. The van der Waals surface area contributed by atoms with Crippen molar-refractivity contribution in [3.05, 3.63) is 59.4 Å². The van der Waals surface area contributed by atoms with E-state index in [0.29, 0.717) is 5.76 Å². The summed E-state index contributed by atoms with van der Waals surface area (Å²) in [4.78, 5) is 15.1. The number of carbonyl (C=O) groups excluding carboxylic acids is 1. The van der Waals surface area contributed by atoms with Crippen molar-refractivity contribution in [2.45, 2.75) is 39.9 Å². The van der Waals surface area contributed by atoms with Crippen LogP contribution in [-0.4, -0.2) is 31.2 Å². The van der Waals surface area contributed by atoms with Crippen LogP contribution in [0.15, 0.2) is 46.9 Å². The van der Waals surface area contributed by atoms with Crippen molar-refractivity contribution >= 4 is 28.3 Å². The highest BCUT2D eigenvalue weighted by atomic mass is 16.5. The Hall–Kier alpha value is -2.79. The van der Waals surface area contributed by atoms with Crippen molar-refractivity contribution in [2.75, 3.05) is 23.3 Å². The SMILES string of the molecule is Cc1c(C(=O)Nc2ccc(N3CC(C)OC(C)C3)cc2)oc2c(C)cccc12. The van der Waals surface area contributed by atoms with Crippen molar-refractivity contribution in [3.63, 3.8) is 0 Å². The summed E-state index contributed by atoms with van der Waals surface area (Å²) in [6, 6.07) is 13.9. The molecule has 0 spiro atoms. The molecular formula is C23H26N2O3. The molecule has 2 heterocycles. The number of amides is 1. The van der Waals surface area contributed by atoms with Crippen molar-refractivity contribution in [1.82, 2.24) is 0 Å². The van der Waals surface area contributed by atoms with Gasteiger partial charge in [-0.2, -0.15) is 0 Å². The zero-order valence-electron chi connectivity index (χ0n) is 16.8. The molecule has 28 heavy (non-hydrogen) atoms. The summed E-state index contributed by atoms with van der Waals surface area (Å²) in [6.07, 6.45) is 0.422. The zero-order valence-corrected chi connectivity index (χ0v) is 16.8. The number of nitrogens with zero attached hydrogens (tertiary/aromatic N) is 1. The topological polar surface area (TPSA) is 54.7 Å². The highest BCUT2D eigenvalue weighted by Gasteiger charge is 2.23. The van der Waals surface area contributed by atoms with Crippen LogP contribution in [0.5, 0.6) is 0 Å². The number of benzene rings is 2. The monoisotopic (exact) mass is 378 g/mol. The molecule has 3 aromatic rings. The number of para-hydroxylation sites is 1. The molecule has 1 aliphatic rings. The first kappa shape index (κ1) is 18.6. The number of aryl methyl sites for hydroxylation is 2. The van der Waals surface area contributed by atoms with Gasteiger partial charge in [-0.25, -0.2) is 0 Å². The Balaban J connectivity index is 1.51. The average molecular weight is 378 g/mol. The van der Waals surface area contributed by atoms with Crippen LogP contribution in [0, 0.1) is 13.8 Å². The van der Waals surface area contributed by atoms with Crippen molar-refractivity contribution < 1.29 is 13.9 Å². The Kier molecular flexibility index (Phi) is 4.85. The Bertz CT molecular complexity index is 997. The van der Waals surface area contributed by atoms with E-state index in [4.69, 9.17) is 9.15 Å². The minimum absolute atomic E-state index is 0.211. The number of nitrogens with one attached hydrogen (secondary N) is 1. The third-order valence-electron chi connectivity index (χ3n) is 5.28. The maximum atomic E-state index is 12.8. The van der Waals surface area contributed by atoms with Crippen LogP contribution in [0.25, 0.3) is 11.0 Å². The molecule has 1 aliphatic heterocycles. The minimum Gasteiger partial charge on any atom is -0.450 e. The van der Waals surface area contributed by atoms with Gasteiger partial charge in [0.05, 0.1) is 12.2 Å². The standard InChI is InChI=1S/C23H26N2O3/c1-14-6-5-7-20-17(4)22(28-21(14)20)23(26)24-18-8-10-19(11-9-18)25-12-15(2)27-16(3)13-25/h5-11,15-16H,12-13H2,1-4H3,(H,24,26). The Morgan fingerprint density at radius 2 is 1.71 bits per heavy atom. The molecule has 2 unspecified atom stereocenters. The first-order chi connectivity index (χ1) is 13.4. The number of fused-ring (bicyclic) bond motifs is 1. The molecule has 0 radical (unpaired) electrons. The maximum absolute atomic E-state index is 12.8. The first-order valence-electron chi connectivity index (χ1n) is 9.73. The predicted octanol–water partition coefficient (Wildman–Crippen LogP) is 4.92. The highest BCUT2D eigenvalue weighted by molar-refractivity contribution is 6.06. The maximum Gasteiger partial charge on any atom is 0.291 e. The van der Waals surface area contributed by atoms with Gasteiger partial charge in [0.25, 0.3) is 5.91 Å². The van der Waals surface area contributed by atoms with Gasteiger partial charge in [-0.3, -0.25) is 4.79 Å². The summed E-state index contributed by atoms with van der Waals surface area (Å²) in [5, 5.41) is 3.93. The molecular weight excluding hydrogens is 352 g/mol. The third-order valence-corrected chi connectivity index (χ3v) is 5.28. The normalized spacial score (nSPS) is 19.8. The molecule has 5 nitrogen and oxygen atoms in total. The number of hydrogen-bond donors (Lipinski definition) is 1. The number of morpholine rings is 1. The molecule has 1 aromatic heterocycles. The number of rotatable bonds is 3. The summed E-state index contributed by atoms with van der Waals surface area (Å²) < 4.78 is 11.7. The van der Waals surface area contributed by atoms with Crippen LogP contribution >= 0.6 is 0 Å². The molecule has 5 heteroatoms. The fourth-order valence-corrected chi connectivity index (χ4v) is 3.93. The van der Waals surface area contributed by atoms with Crippen molar-refractivity contribution in [2.24, 2.45) is 0 Å². The van der Waals surface area contributed by atoms with E-state index in [1.54, 1.807) is 0 Å². The Morgan fingerprint density at radius 1 is 1.04 bits per heavy atom. The largest absolute Gasteiger partial charge is 0.450 e. The Morgan fingerprint density at radius 3 is 2.36 bits per heavy atom. The lowest BCUT2D eigenvalue weighted by molar-refractivity contribution is -0.00521. The molecule has 0 saturated carbocycles. The summed E-state index contributed by atoms with van der Waals surface area (Å²) in [7, 11) is 0. The summed E-state index contributed by atoms with van der Waals surface area (Å²) >= 11 is 0. The van der Waals surface area contributed by atoms with Gasteiger partial charge in [-0.05, 0) is 57.5 Å². The Labute approximate surface area is 165 Å². The quantitative estimate of drug-likeness (QED) is 0.703. The minimum atomic E-state index is -0.227. The smallest absolute Gasteiger partial charge is 0.291 e.